The van der Waals surface area contributed by atoms with Crippen molar-refractivity contribution in [3.8, 4) is 0 Å². The second-order valence-electron chi connectivity index (χ2n) is 8.14. The molecule has 33 heavy (non-hydrogen) atoms. The van der Waals surface area contributed by atoms with Gasteiger partial charge in [0, 0.05) is 19.2 Å². The minimum absolute atomic E-state index is 0.155. The number of aliphatic hydroxyl groups excluding tert-OH is 1. The van der Waals surface area contributed by atoms with E-state index in [9.17, 15) is 17.9 Å². The van der Waals surface area contributed by atoms with Crippen LogP contribution in [0.2, 0.25) is 0 Å². The number of sulfonamides is 1. The number of hydrogen-bond donors (Lipinski definition) is 2. The number of aliphatic hydroxyl groups is 1. The summed E-state index contributed by atoms with van der Waals surface area (Å²) in [7, 11) is -4.07. The highest BCUT2D eigenvalue weighted by Gasteiger charge is 2.34. The van der Waals surface area contributed by atoms with Gasteiger partial charge in [0.05, 0.1) is 30.6 Å². The Labute approximate surface area is 192 Å². The quantitative estimate of drug-likeness (QED) is 0.493. The number of ether oxygens (including phenoxy) is 1. The molecule has 0 radical (unpaired) electrons. The fourth-order valence-corrected chi connectivity index (χ4v) is 5.39. The van der Waals surface area contributed by atoms with Gasteiger partial charge in [-0.3, -0.25) is 4.68 Å². The average Bonchev–Trinajstić information content (AvgIpc) is 3.26. The van der Waals surface area contributed by atoms with Gasteiger partial charge in [0.2, 0.25) is 10.0 Å². The molecular formula is C23H27FN4O4S. The minimum atomic E-state index is -4.07. The monoisotopic (exact) mass is 474 g/mol. The Hall–Kier alpha value is -2.66. The molecule has 2 N–H and O–H groups in total. The SMILES string of the molecule is O=S(=O)(N[C@H]1CC[C@@H](CCn2cc(Cc3ccccc3)nn2)O[C@H]1CO)c1ccccc1F. The molecule has 10 heteroatoms. The summed E-state index contributed by atoms with van der Waals surface area (Å²) in [5.74, 6) is -0.820. The topological polar surface area (TPSA) is 106 Å². The molecule has 3 atom stereocenters. The highest BCUT2D eigenvalue weighted by molar-refractivity contribution is 7.89. The van der Waals surface area contributed by atoms with Crippen molar-refractivity contribution >= 4 is 10.0 Å². The summed E-state index contributed by atoms with van der Waals surface area (Å²) in [6, 6.07) is 14.6. The smallest absolute Gasteiger partial charge is 0.243 e. The van der Waals surface area contributed by atoms with Crippen LogP contribution in [0.15, 0.2) is 65.7 Å². The third kappa shape index (κ3) is 6.02. The first-order chi connectivity index (χ1) is 15.9. The number of aromatic nitrogens is 3. The molecule has 2 heterocycles. The van der Waals surface area contributed by atoms with E-state index in [0.29, 0.717) is 32.2 Å². The molecule has 0 unspecified atom stereocenters. The fraction of sp³-hybridized carbons (Fsp3) is 0.391. The van der Waals surface area contributed by atoms with Gasteiger partial charge in [-0.05, 0) is 37.0 Å². The maximum absolute atomic E-state index is 14.0. The van der Waals surface area contributed by atoms with Crippen LogP contribution in [-0.4, -0.2) is 53.4 Å². The Kier molecular flexibility index (Phi) is 7.49. The number of benzene rings is 2. The van der Waals surface area contributed by atoms with Crippen LogP contribution in [0.4, 0.5) is 4.39 Å². The van der Waals surface area contributed by atoms with Gasteiger partial charge < -0.3 is 9.84 Å². The lowest BCUT2D eigenvalue weighted by Crippen LogP contribution is -2.51. The highest BCUT2D eigenvalue weighted by Crippen LogP contribution is 2.24. The minimum Gasteiger partial charge on any atom is -0.394 e. The summed E-state index contributed by atoms with van der Waals surface area (Å²) in [4.78, 5) is -0.415. The van der Waals surface area contributed by atoms with Gasteiger partial charge >= 0.3 is 0 Å². The number of rotatable bonds is 9. The maximum atomic E-state index is 14.0. The molecule has 0 amide bonds. The van der Waals surface area contributed by atoms with E-state index in [2.05, 4.69) is 15.0 Å². The van der Waals surface area contributed by atoms with Crippen molar-refractivity contribution in [1.29, 1.82) is 0 Å². The average molecular weight is 475 g/mol. The molecule has 1 aliphatic heterocycles. The van der Waals surface area contributed by atoms with Crippen LogP contribution < -0.4 is 4.72 Å². The van der Waals surface area contributed by atoms with Crippen LogP contribution in [0.25, 0.3) is 0 Å². The van der Waals surface area contributed by atoms with Crippen molar-refractivity contribution in [2.75, 3.05) is 6.61 Å². The third-order valence-electron chi connectivity index (χ3n) is 5.72. The van der Waals surface area contributed by atoms with Gasteiger partial charge in [0.15, 0.2) is 0 Å². The third-order valence-corrected chi connectivity index (χ3v) is 7.25. The van der Waals surface area contributed by atoms with Crippen molar-refractivity contribution < 1.29 is 22.7 Å². The highest BCUT2D eigenvalue weighted by atomic mass is 32.2. The van der Waals surface area contributed by atoms with Gasteiger partial charge in [0.25, 0.3) is 0 Å². The molecule has 4 rings (SSSR count). The van der Waals surface area contributed by atoms with E-state index in [1.54, 1.807) is 4.68 Å². The summed E-state index contributed by atoms with van der Waals surface area (Å²) in [6.45, 7) is 0.252. The molecule has 8 nitrogen and oxygen atoms in total. The standard InChI is InChI=1S/C23H27FN4O4S/c24-20-8-4-5-9-23(20)33(30,31)26-21-11-10-19(32-22(21)16-29)12-13-28-15-18(25-27-28)14-17-6-2-1-3-7-17/h1-9,15,19,21-22,26,29H,10-14,16H2/t19-,21-,22-/m0/s1. The zero-order valence-electron chi connectivity index (χ0n) is 18.0. The number of aryl methyl sites for hydroxylation is 1. The number of nitrogens with zero attached hydrogens (tertiary/aromatic N) is 3. The molecule has 1 aliphatic rings. The van der Waals surface area contributed by atoms with Crippen LogP contribution in [0.3, 0.4) is 0 Å². The van der Waals surface area contributed by atoms with E-state index in [-0.39, 0.29) is 12.7 Å². The van der Waals surface area contributed by atoms with Crippen LogP contribution in [-0.2, 0) is 27.7 Å². The first-order valence-corrected chi connectivity index (χ1v) is 12.4. The molecule has 3 aromatic rings. The summed E-state index contributed by atoms with van der Waals surface area (Å²) >= 11 is 0. The van der Waals surface area contributed by atoms with Crippen molar-refractivity contribution in [2.45, 2.75) is 55.4 Å². The van der Waals surface area contributed by atoms with E-state index in [0.717, 1.165) is 17.3 Å². The Morgan fingerprint density at radius 3 is 2.64 bits per heavy atom. The molecule has 1 fully saturated rings. The Morgan fingerprint density at radius 1 is 1.12 bits per heavy atom. The predicted molar refractivity (Wildman–Crippen MR) is 119 cm³/mol. The molecule has 0 aliphatic carbocycles. The summed E-state index contributed by atoms with van der Waals surface area (Å²) < 4.78 is 49.4. The first-order valence-electron chi connectivity index (χ1n) is 10.9. The number of hydrogen-bond acceptors (Lipinski definition) is 6. The normalized spacial score (nSPS) is 21.2. The van der Waals surface area contributed by atoms with Crippen molar-refractivity contribution in [3.05, 3.63) is 77.9 Å². The molecule has 0 bridgehead atoms. The Bertz CT molecular complexity index is 1160. The number of nitrogens with one attached hydrogen (secondary N) is 1. The Balaban J connectivity index is 1.30. The molecule has 0 saturated carbocycles. The molecule has 1 saturated heterocycles. The lowest BCUT2D eigenvalue weighted by molar-refractivity contribution is -0.0891. The number of halogens is 1. The lowest BCUT2D eigenvalue weighted by atomic mass is 9.98. The first kappa shape index (κ1) is 23.5. The molecule has 0 spiro atoms. The van der Waals surface area contributed by atoms with Crippen LogP contribution in [0, 0.1) is 5.82 Å². The van der Waals surface area contributed by atoms with Gasteiger partial charge in [-0.1, -0.05) is 47.7 Å². The second kappa shape index (κ2) is 10.5. The maximum Gasteiger partial charge on any atom is 0.243 e. The van der Waals surface area contributed by atoms with Crippen LogP contribution in [0.5, 0.6) is 0 Å². The largest absolute Gasteiger partial charge is 0.394 e. The molecule has 2 aromatic carbocycles. The summed E-state index contributed by atoms with van der Waals surface area (Å²) in [6.07, 6.45) is 3.47. The van der Waals surface area contributed by atoms with E-state index in [4.69, 9.17) is 4.74 Å². The van der Waals surface area contributed by atoms with E-state index < -0.39 is 32.9 Å². The van der Waals surface area contributed by atoms with Gasteiger partial charge in [-0.15, -0.1) is 5.10 Å². The van der Waals surface area contributed by atoms with Crippen molar-refractivity contribution in [3.63, 3.8) is 0 Å². The Morgan fingerprint density at radius 2 is 1.88 bits per heavy atom. The van der Waals surface area contributed by atoms with Crippen molar-refractivity contribution in [2.24, 2.45) is 0 Å². The zero-order valence-corrected chi connectivity index (χ0v) is 18.9. The van der Waals surface area contributed by atoms with Gasteiger partial charge in [-0.2, -0.15) is 0 Å². The van der Waals surface area contributed by atoms with Gasteiger partial charge in [-0.25, -0.2) is 17.5 Å². The molecule has 176 valence electrons. The lowest BCUT2D eigenvalue weighted by Gasteiger charge is -2.36. The predicted octanol–water partition coefficient (Wildman–Crippen LogP) is 2.29. The molecular weight excluding hydrogens is 447 g/mol. The summed E-state index contributed by atoms with van der Waals surface area (Å²) in [5.41, 5.74) is 2.04. The zero-order chi connectivity index (χ0) is 23.3. The van der Waals surface area contributed by atoms with Gasteiger partial charge in [0.1, 0.15) is 10.7 Å². The fourth-order valence-electron chi connectivity index (χ4n) is 4.01. The van der Waals surface area contributed by atoms with Crippen LogP contribution in [0.1, 0.15) is 30.5 Å². The molecule has 1 aromatic heterocycles. The van der Waals surface area contributed by atoms with E-state index in [1.807, 2.05) is 36.5 Å². The summed E-state index contributed by atoms with van der Waals surface area (Å²) in [5, 5.41) is 18.2. The second-order valence-corrected chi connectivity index (χ2v) is 9.82. The van der Waals surface area contributed by atoms with Crippen LogP contribution >= 0.6 is 0 Å². The van der Waals surface area contributed by atoms with Crippen molar-refractivity contribution in [1.82, 2.24) is 19.7 Å². The van der Waals surface area contributed by atoms with E-state index in [1.165, 1.54) is 18.2 Å². The van der Waals surface area contributed by atoms with E-state index >= 15 is 0 Å².